The fourth-order valence-electron chi connectivity index (χ4n) is 4.90. The fraction of sp³-hybridized carbons (Fsp3) is 0.400. The van der Waals surface area contributed by atoms with Gasteiger partial charge in [-0.15, -0.1) is 0 Å². The number of nitrogens with zero attached hydrogens (tertiary/aromatic N) is 1. The van der Waals surface area contributed by atoms with Gasteiger partial charge in [-0.1, -0.05) is 24.3 Å². The van der Waals surface area contributed by atoms with Crippen LogP contribution in [-0.4, -0.2) is 65.0 Å². The molecule has 10 nitrogen and oxygen atoms in total. The highest BCUT2D eigenvalue weighted by Crippen LogP contribution is 2.34. The van der Waals surface area contributed by atoms with E-state index in [4.69, 9.17) is 9.84 Å². The second-order valence-corrected chi connectivity index (χ2v) is 13.5. The zero-order valence-electron chi connectivity index (χ0n) is 23.1. The summed E-state index contributed by atoms with van der Waals surface area (Å²) in [5.41, 5.74) is 0.862. The van der Waals surface area contributed by atoms with Crippen molar-refractivity contribution in [3.05, 3.63) is 82.8 Å². The number of sulfone groups is 1. The number of benzene rings is 2. The Balaban J connectivity index is 1.41. The van der Waals surface area contributed by atoms with E-state index in [2.05, 4.69) is 5.32 Å². The molecule has 220 valence electrons. The molecule has 1 fully saturated rings. The molecule has 2 unspecified atom stereocenters. The average Bonchev–Trinajstić information content (AvgIpc) is 2.91. The van der Waals surface area contributed by atoms with E-state index in [0.29, 0.717) is 29.8 Å². The predicted molar refractivity (Wildman–Crippen MR) is 154 cm³/mol. The number of nitrogens with one attached hydrogen (secondary N) is 1. The molecule has 0 aliphatic heterocycles. The standard InChI is InChI=1S/C30H36N2O8S/c1-30(41(2,38)39,19-31-29(37)25-5-3-4-6-26(25)34)16-28(36)32-12-11-23(15-27(32)35)22-7-9-24(10-8-22)40-18-21-13-20(14-21)17-33/h3-12,15,20-21,28,33-34,36H,13-14,16-19H2,1-2H3,(H,31,37). The third-order valence-electron chi connectivity index (χ3n) is 7.82. The van der Waals surface area contributed by atoms with Gasteiger partial charge in [0.15, 0.2) is 9.84 Å². The Morgan fingerprint density at radius 2 is 1.78 bits per heavy atom. The van der Waals surface area contributed by atoms with Crippen LogP contribution in [0.25, 0.3) is 11.1 Å². The fourth-order valence-corrected chi connectivity index (χ4v) is 5.69. The van der Waals surface area contributed by atoms with Crippen LogP contribution in [0.3, 0.4) is 0 Å². The van der Waals surface area contributed by atoms with Crippen LogP contribution >= 0.6 is 0 Å². The first kappa shape index (κ1) is 30.3. The number of aliphatic hydroxyl groups excluding tert-OH is 2. The van der Waals surface area contributed by atoms with Crippen molar-refractivity contribution in [3.63, 3.8) is 0 Å². The summed E-state index contributed by atoms with van der Waals surface area (Å²) in [6, 6.07) is 16.2. The van der Waals surface area contributed by atoms with Crippen molar-refractivity contribution in [2.75, 3.05) is 26.0 Å². The Bertz CT molecular complexity index is 1530. The maximum absolute atomic E-state index is 12.9. The van der Waals surface area contributed by atoms with Gasteiger partial charge in [-0.25, -0.2) is 8.42 Å². The van der Waals surface area contributed by atoms with Crippen molar-refractivity contribution in [2.24, 2.45) is 11.8 Å². The number of phenolic OH excluding ortho intramolecular Hbond substituents is 1. The van der Waals surface area contributed by atoms with Crippen LogP contribution in [0.2, 0.25) is 0 Å². The number of hydrogen-bond acceptors (Lipinski definition) is 8. The monoisotopic (exact) mass is 584 g/mol. The number of ether oxygens (including phenoxy) is 1. The molecular weight excluding hydrogens is 548 g/mol. The van der Waals surface area contributed by atoms with Crippen LogP contribution in [0.5, 0.6) is 11.5 Å². The smallest absolute Gasteiger partial charge is 0.255 e. The van der Waals surface area contributed by atoms with Gasteiger partial charge in [0.1, 0.15) is 17.7 Å². The normalized spacial score (nSPS) is 19.0. The molecule has 1 saturated carbocycles. The molecule has 4 rings (SSSR count). The number of carbonyl (C=O) groups is 1. The third kappa shape index (κ3) is 7.16. The first-order valence-electron chi connectivity index (χ1n) is 13.4. The van der Waals surface area contributed by atoms with Crippen LogP contribution in [-0.2, 0) is 9.84 Å². The van der Waals surface area contributed by atoms with E-state index < -0.39 is 32.3 Å². The lowest BCUT2D eigenvalue weighted by Crippen LogP contribution is -2.48. The zero-order valence-corrected chi connectivity index (χ0v) is 23.9. The van der Waals surface area contributed by atoms with Crippen LogP contribution in [0.1, 0.15) is 42.8 Å². The van der Waals surface area contributed by atoms with Crippen LogP contribution < -0.4 is 15.6 Å². The minimum Gasteiger partial charge on any atom is -0.507 e. The van der Waals surface area contributed by atoms with Crippen molar-refractivity contribution in [2.45, 2.75) is 37.2 Å². The Kier molecular flexibility index (Phi) is 9.21. The summed E-state index contributed by atoms with van der Waals surface area (Å²) in [7, 11) is -3.81. The van der Waals surface area contributed by atoms with Crippen LogP contribution in [0.4, 0.5) is 0 Å². The molecule has 0 radical (unpaired) electrons. The number of para-hydroxylation sites is 1. The van der Waals surface area contributed by atoms with E-state index in [9.17, 15) is 28.2 Å². The van der Waals surface area contributed by atoms with E-state index in [-0.39, 0.29) is 30.9 Å². The molecule has 41 heavy (non-hydrogen) atoms. The summed E-state index contributed by atoms with van der Waals surface area (Å²) in [6.07, 6.45) is 2.50. The Morgan fingerprint density at radius 1 is 1.10 bits per heavy atom. The number of aliphatic hydroxyl groups is 2. The van der Waals surface area contributed by atoms with E-state index >= 15 is 0 Å². The highest BCUT2D eigenvalue weighted by Gasteiger charge is 2.39. The molecule has 11 heteroatoms. The molecular formula is C30H36N2O8S. The summed E-state index contributed by atoms with van der Waals surface area (Å²) in [5.74, 6) is 0.625. The van der Waals surface area contributed by atoms with Gasteiger partial charge < -0.3 is 25.4 Å². The summed E-state index contributed by atoms with van der Waals surface area (Å²) in [6.45, 7) is 1.85. The quantitative estimate of drug-likeness (QED) is 0.253. The second kappa shape index (κ2) is 12.5. The van der Waals surface area contributed by atoms with Gasteiger partial charge in [0.05, 0.1) is 16.9 Å². The molecule has 1 aliphatic rings. The number of carbonyl (C=O) groups excluding carboxylic acids is 1. The van der Waals surface area contributed by atoms with Crippen molar-refractivity contribution in [3.8, 4) is 22.6 Å². The lowest BCUT2D eigenvalue weighted by molar-refractivity contribution is 0.0730. The molecule has 4 N–H and O–H groups in total. The molecule has 0 saturated heterocycles. The van der Waals surface area contributed by atoms with Crippen LogP contribution in [0, 0.1) is 11.8 Å². The van der Waals surface area contributed by atoms with Gasteiger partial charge in [-0.2, -0.15) is 0 Å². The van der Waals surface area contributed by atoms with E-state index in [1.165, 1.54) is 31.3 Å². The maximum atomic E-state index is 12.9. The zero-order chi connectivity index (χ0) is 29.8. The van der Waals surface area contributed by atoms with Crippen molar-refractivity contribution >= 4 is 15.7 Å². The SMILES string of the molecule is CC(CNC(=O)c1ccccc1O)(CC(O)n1ccc(-c2ccc(OCC3CC(CO)C3)cc2)cc1=O)S(C)(=O)=O. The number of aromatic nitrogens is 1. The number of aromatic hydroxyl groups is 1. The number of pyridine rings is 1. The lowest BCUT2D eigenvalue weighted by Gasteiger charge is -2.33. The first-order valence-corrected chi connectivity index (χ1v) is 15.3. The molecule has 2 atom stereocenters. The van der Waals surface area contributed by atoms with Gasteiger partial charge in [0.2, 0.25) is 0 Å². The number of amides is 1. The Hall–Kier alpha value is -3.67. The van der Waals surface area contributed by atoms with E-state index in [1.54, 1.807) is 18.2 Å². The molecule has 1 aromatic heterocycles. The molecule has 1 amide bonds. The van der Waals surface area contributed by atoms with Crippen LogP contribution in [0.15, 0.2) is 71.7 Å². The topological polar surface area (TPSA) is 155 Å². The molecule has 2 aromatic carbocycles. The van der Waals surface area contributed by atoms with Gasteiger partial charge in [-0.05, 0) is 73.1 Å². The largest absolute Gasteiger partial charge is 0.507 e. The van der Waals surface area contributed by atoms with E-state index in [1.807, 2.05) is 24.3 Å². The second-order valence-electron chi connectivity index (χ2n) is 11.0. The summed E-state index contributed by atoms with van der Waals surface area (Å²) in [4.78, 5) is 25.5. The maximum Gasteiger partial charge on any atom is 0.255 e. The minimum atomic E-state index is -3.81. The summed E-state index contributed by atoms with van der Waals surface area (Å²) >= 11 is 0. The molecule has 3 aromatic rings. The van der Waals surface area contributed by atoms with Gasteiger partial charge in [0.25, 0.3) is 11.5 Å². The van der Waals surface area contributed by atoms with Crippen molar-refractivity contribution in [1.82, 2.24) is 9.88 Å². The lowest BCUT2D eigenvalue weighted by atomic mass is 9.76. The molecule has 0 bridgehead atoms. The van der Waals surface area contributed by atoms with Gasteiger partial charge in [0, 0.05) is 38.1 Å². The van der Waals surface area contributed by atoms with Gasteiger partial charge >= 0.3 is 0 Å². The summed E-state index contributed by atoms with van der Waals surface area (Å²) in [5, 5.41) is 32.5. The number of rotatable bonds is 12. The molecule has 1 aliphatic carbocycles. The number of phenols is 1. The third-order valence-corrected chi connectivity index (χ3v) is 9.92. The Morgan fingerprint density at radius 3 is 2.39 bits per heavy atom. The summed E-state index contributed by atoms with van der Waals surface area (Å²) < 4.78 is 30.7. The Labute approximate surface area is 239 Å². The highest BCUT2D eigenvalue weighted by atomic mass is 32.2. The van der Waals surface area contributed by atoms with E-state index in [0.717, 1.165) is 29.2 Å². The average molecular weight is 585 g/mol. The minimum absolute atomic E-state index is 0.00939. The first-order chi connectivity index (χ1) is 19.4. The molecule has 1 heterocycles. The van der Waals surface area contributed by atoms with Gasteiger partial charge in [-0.3, -0.25) is 14.2 Å². The molecule has 0 spiro atoms. The predicted octanol–water partition coefficient (Wildman–Crippen LogP) is 2.73. The van der Waals surface area contributed by atoms with Crippen molar-refractivity contribution in [1.29, 1.82) is 0 Å². The highest BCUT2D eigenvalue weighted by molar-refractivity contribution is 7.92. The van der Waals surface area contributed by atoms with Crippen molar-refractivity contribution < 1.29 is 33.3 Å². The number of hydrogen-bond donors (Lipinski definition) is 4.